The van der Waals surface area contributed by atoms with Crippen LogP contribution < -0.4 is 15.4 Å². The highest BCUT2D eigenvalue weighted by atomic mass is 35.5. The molecule has 0 radical (unpaired) electrons. The molecule has 1 amide bonds. The number of amides is 1. The number of carbonyl (C=O) groups excluding carboxylic acids is 1. The van der Waals surface area contributed by atoms with Crippen molar-refractivity contribution in [3.05, 3.63) is 24.0 Å². The number of ether oxygens (including phenoxy) is 2. The van der Waals surface area contributed by atoms with Crippen molar-refractivity contribution in [2.24, 2.45) is 5.92 Å². The van der Waals surface area contributed by atoms with Crippen LogP contribution in [0.4, 0.5) is 10.1 Å². The third-order valence-corrected chi connectivity index (χ3v) is 3.70. The van der Waals surface area contributed by atoms with Crippen molar-refractivity contribution in [3.8, 4) is 5.75 Å². The first-order valence-corrected chi connectivity index (χ1v) is 7.61. The van der Waals surface area contributed by atoms with E-state index in [4.69, 9.17) is 9.47 Å². The Kier molecular flexibility index (Phi) is 8.91. The number of anilines is 1. The van der Waals surface area contributed by atoms with E-state index in [1.807, 2.05) is 0 Å². The zero-order valence-corrected chi connectivity index (χ0v) is 14.1. The standard InChI is InChI=1S/C16H23FN2O3.ClH/c1-21-8-9-22-15-4-3-13(17)10-14(15)19-16(20)5-2-12-6-7-18-11-12;/h3-4,10,12,18H,2,5-9,11H2,1H3,(H,19,20);1H. The Hall–Kier alpha value is -1.37. The molecule has 0 spiro atoms. The minimum absolute atomic E-state index is 0. The predicted octanol–water partition coefficient (Wildman–Crippen LogP) is 2.60. The van der Waals surface area contributed by atoms with Crippen molar-refractivity contribution in [2.45, 2.75) is 19.3 Å². The molecule has 1 saturated heterocycles. The van der Waals surface area contributed by atoms with Crippen molar-refractivity contribution >= 4 is 24.0 Å². The van der Waals surface area contributed by atoms with Gasteiger partial charge in [0.05, 0.1) is 12.3 Å². The van der Waals surface area contributed by atoms with Crippen LogP contribution in [0.3, 0.4) is 0 Å². The van der Waals surface area contributed by atoms with Gasteiger partial charge in [-0.2, -0.15) is 0 Å². The third-order valence-electron chi connectivity index (χ3n) is 3.70. The Morgan fingerprint density at radius 1 is 1.43 bits per heavy atom. The van der Waals surface area contributed by atoms with E-state index in [1.165, 1.54) is 18.2 Å². The van der Waals surface area contributed by atoms with E-state index in [-0.39, 0.29) is 18.3 Å². The maximum Gasteiger partial charge on any atom is 0.224 e. The normalized spacial score (nSPS) is 16.7. The molecule has 23 heavy (non-hydrogen) atoms. The third kappa shape index (κ3) is 6.72. The summed E-state index contributed by atoms with van der Waals surface area (Å²) in [6.45, 7) is 2.77. The Balaban J connectivity index is 0.00000264. The SMILES string of the molecule is COCCOc1ccc(F)cc1NC(=O)CCC1CCNC1.Cl. The molecule has 5 nitrogen and oxygen atoms in total. The molecular formula is C16H24ClFN2O3. The maximum absolute atomic E-state index is 13.4. The number of rotatable bonds is 8. The highest BCUT2D eigenvalue weighted by molar-refractivity contribution is 5.92. The smallest absolute Gasteiger partial charge is 0.224 e. The highest BCUT2D eigenvalue weighted by Gasteiger charge is 2.16. The van der Waals surface area contributed by atoms with E-state index < -0.39 is 5.82 Å². The summed E-state index contributed by atoms with van der Waals surface area (Å²) in [5.74, 6) is 0.480. The first kappa shape index (κ1) is 19.7. The topological polar surface area (TPSA) is 59.6 Å². The molecule has 1 aliphatic heterocycles. The summed E-state index contributed by atoms with van der Waals surface area (Å²) >= 11 is 0. The van der Waals surface area contributed by atoms with Gasteiger partial charge in [0.1, 0.15) is 18.2 Å². The van der Waals surface area contributed by atoms with Crippen molar-refractivity contribution in [3.63, 3.8) is 0 Å². The number of hydrogen-bond donors (Lipinski definition) is 2. The van der Waals surface area contributed by atoms with Gasteiger partial charge in [-0.3, -0.25) is 4.79 Å². The Bertz CT molecular complexity index is 496. The quantitative estimate of drug-likeness (QED) is 0.710. The van der Waals surface area contributed by atoms with Crippen molar-refractivity contribution in [2.75, 3.05) is 38.7 Å². The number of carbonyl (C=O) groups is 1. The Labute approximate surface area is 142 Å². The van der Waals surface area contributed by atoms with Gasteiger partial charge >= 0.3 is 0 Å². The van der Waals surface area contributed by atoms with E-state index >= 15 is 0 Å². The zero-order chi connectivity index (χ0) is 15.8. The zero-order valence-electron chi connectivity index (χ0n) is 13.3. The van der Waals surface area contributed by atoms with Crippen LogP contribution >= 0.6 is 12.4 Å². The molecule has 1 aromatic carbocycles. The highest BCUT2D eigenvalue weighted by Crippen LogP contribution is 2.26. The van der Waals surface area contributed by atoms with E-state index in [1.54, 1.807) is 7.11 Å². The molecule has 1 heterocycles. The molecule has 1 aliphatic rings. The lowest BCUT2D eigenvalue weighted by Crippen LogP contribution is -2.16. The summed E-state index contributed by atoms with van der Waals surface area (Å²) in [5.41, 5.74) is 0.366. The van der Waals surface area contributed by atoms with Crippen molar-refractivity contribution in [1.29, 1.82) is 0 Å². The summed E-state index contributed by atoms with van der Waals surface area (Å²) in [7, 11) is 1.58. The maximum atomic E-state index is 13.4. The van der Waals surface area contributed by atoms with E-state index in [0.29, 0.717) is 37.0 Å². The van der Waals surface area contributed by atoms with Crippen LogP contribution in [0.1, 0.15) is 19.3 Å². The molecule has 0 saturated carbocycles. The largest absolute Gasteiger partial charge is 0.489 e. The molecule has 0 bridgehead atoms. The second kappa shape index (κ2) is 10.4. The van der Waals surface area contributed by atoms with Crippen LogP contribution in [-0.4, -0.2) is 39.3 Å². The Morgan fingerprint density at radius 3 is 2.96 bits per heavy atom. The first-order valence-electron chi connectivity index (χ1n) is 7.61. The van der Waals surface area contributed by atoms with E-state index in [9.17, 15) is 9.18 Å². The van der Waals surface area contributed by atoms with Crippen LogP contribution in [0.2, 0.25) is 0 Å². The van der Waals surface area contributed by atoms with Gasteiger partial charge in [0.2, 0.25) is 5.91 Å². The van der Waals surface area contributed by atoms with Gasteiger partial charge in [-0.25, -0.2) is 4.39 Å². The molecule has 1 fully saturated rings. The molecule has 1 unspecified atom stereocenters. The van der Waals surface area contributed by atoms with Gasteiger partial charge in [-0.1, -0.05) is 0 Å². The van der Waals surface area contributed by atoms with Crippen LogP contribution in [0, 0.1) is 11.7 Å². The molecule has 7 heteroatoms. The summed E-state index contributed by atoms with van der Waals surface area (Å²) < 4.78 is 23.8. The summed E-state index contributed by atoms with van der Waals surface area (Å²) in [5, 5.41) is 6.01. The number of methoxy groups -OCH3 is 1. The summed E-state index contributed by atoms with van der Waals surface area (Å²) in [6.07, 6.45) is 2.38. The van der Waals surface area contributed by atoms with Gasteiger partial charge in [0.15, 0.2) is 0 Å². The second-order valence-corrected chi connectivity index (χ2v) is 5.43. The molecule has 2 N–H and O–H groups in total. The fourth-order valence-electron chi connectivity index (χ4n) is 2.47. The molecule has 1 atom stereocenters. The first-order chi connectivity index (χ1) is 10.7. The van der Waals surface area contributed by atoms with Crippen LogP contribution in [0.5, 0.6) is 5.75 Å². The average molecular weight is 347 g/mol. The van der Waals surface area contributed by atoms with Crippen molar-refractivity contribution < 1.29 is 18.7 Å². The number of hydrogen-bond acceptors (Lipinski definition) is 4. The molecular weight excluding hydrogens is 323 g/mol. The minimum Gasteiger partial charge on any atom is -0.489 e. The summed E-state index contributed by atoms with van der Waals surface area (Å²) in [4.78, 5) is 12.0. The van der Waals surface area contributed by atoms with Crippen LogP contribution in [0.15, 0.2) is 18.2 Å². The van der Waals surface area contributed by atoms with Gasteiger partial charge < -0.3 is 20.1 Å². The minimum atomic E-state index is -0.408. The van der Waals surface area contributed by atoms with E-state index in [2.05, 4.69) is 10.6 Å². The molecule has 1 aromatic rings. The molecule has 130 valence electrons. The van der Waals surface area contributed by atoms with Gasteiger partial charge in [0.25, 0.3) is 0 Å². The Morgan fingerprint density at radius 2 is 2.26 bits per heavy atom. The summed E-state index contributed by atoms with van der Waals surface area (Å²) in [6, 6.07) is 4.10. The fourth-order valence-corrected chi connectivity index (χ4v) is 2.47. The molecule has 0 aromatic heterocycles. The average Bonchev–Trinajstić information content (AvgIpc) is 3.01. The predicted molar refractivity (Wildman–Crippen MR) is 89.9 cm³/mol. The lowest BCUT2D eigenvalue weighted by atomic mass is 10.0. The van der Waals surface area contributed by atoms with Gasteiger partial charge in [-0.15, -0.1) is 12.4 Å². The van der Waals surface area contributed by atoms with Gasteiger partial charge in [-0.05, 0) is 44.0 Å². The van der Waals surface area contributed by atoms with Gasteiger partial charge in [0, 0.05) is 19.6 Å². The number of nitrogens with one attached hydrogen (secondary N) is 2. The van der Waals surface area contributed by atoms with Crippen molar-refractivity contribution in [1.82, 2.24) is 5.32 Å². The van der Waals surface area contributed by atoms with E-state index in [0.717, 1.165) is 25.9 Å². The lowest BCUT2D eigenvalue weighted by Gasteiger charge is -2.13. The molecule has 2 rings (SSSR count). The van der Waals surface area contributed by atoms with Crippen LogP contribution in [0.25, 0.3) is 0 Å². The number of halogens is 2. The fraction of sp³-hybridized carbons (Fsp3) is 0.562. The lowest BCUT2D eigenvalue weighted by molar-refractivity contribution is -0.116. The molecule has 0 aliphatic carbocycles. The second-order valence-electron chi connectivity index (χ2n) is 5.43. The number of benzene rings is 1. The monoisotopic (exact) mass is 346 g/mol. The van der Waals surface area contributed by atoms with Crippen LogP contribution in [-0.2, 0) is 9.53 Å².